The fourth-order valence-electron chi connectivity index (χ4n) is 0.791. The Kier molecular flexibility index (Phi) is 1.44. The van der Waals surface area contributed by atoms with Crippen LogP contribution in [0, 0.1) is 24.2 Å². The monoisotopic (exact) mass is 124 g/mol. The first kappa shape index (κ1) is 6.15. The molecule has 1 fully saturated rings. The van der Waals surface area contributed by atoms with E-state index in [1.165, 1.54) is 7.11 Å². The normalized spacial score (nSPS) is 30.7. The molecule has 1 saturated carbocycles. The van der Waals surface area contributed by atoms with Crippen LogP contribution in [-0.2, 0) is 9.53 Å². The smallest absolute Gasteiger partial charge is 0.309 e. The van der Waals surface area contributed by atoms with Crippen LogP contribution in [0.15, 0.2) is 0 Å². The van der Waals surface area contributed by atoms with Gasteiger partial charge in [-0.15, -0.1) is 12.3 Å². The van der Waals surface area contributed by atoms with Crippen LogP contribution in [-0.4, -0.2) is 13.1 Å². The van der Waals surface area contributed by atoms with Gasteiger partial charge >= 0.3 is 5.97 Å². The zero-order valence-electron chi connectivity index (χ0n) is 5.26. The van der Waals surface area contributed by atoms with E-state index < -0.39 is 0 Å². The number of terminal acetylenes is 1. The van der Waals surface area contributed by atoms with E-state index >= 15 is 0 Å². The Balaban J connectivity index is 2.36. The molecule has 0 aromatic carbocycles. The van der Waals surface area contributed by atoms with E-state index in [9.17, 15) is 4.79 Å². The summed E-state index contributed by atoms with van der Waals surface area (Å²) >= 11 is 0. The lowest BCUT2D eigenvalue weighted by molar-refractivity contribution is -0.142. The van der Waals surface area contributed by atoms with E-state index in [-0.39, 0.29) is 17.8 Å². The van der Waals surface area contributed by atoms with Gasteiger partial charge < -0.3 is 4.74 Å². The molecule has 2 heteroatoms. The maximum Gasteiger partial charge on any atom is 0.309 e. The summed E-state index contributed by atoms with van der Waals surface area (Å²) in [5.74, 6) is 2.49. The van der Waals surface area contributed by atoms with Crippen LogP contribution in [0.1, 0.15) is 6.42 Å². The van der Waals surface area contributed by atoms with Crippen LogP contribution in [0.3, 0.4) is 0 Å². The lowest BCUT2D eigenvalue weighted by Crippen LogP contribution is -2.03. The van der Waals surface area contributed by atoms with Gasteiger partial charge in [-0.3, -0.25) is 4.79 Å². The van der Waals surface area contributed by atoms with Gasteiger partial charge in [-0.2, -0.15) is 0 Å². The third-order valence-corrected chi connectivity index (χ3v) is 1.51. The average molecular weight is 124 g/mol. The van der Waals surface area contributed by atoms with Crippen molar-refractivity contribution in [3.05, 3.63) is 0 Å². The van der Waals surface area contributed by atoms with Crippen molar-refractivity contribution < 1.29 is 9.53 Å². The fourth-order valence-corrected chi connectivity index (χ4v) is 0.791. The molecule has 0 saturated heterocycles. The third kappa shape index (κ3) is 1.05. The molecule has 0 spiro atoms. The minimum absolute atomic E-state index is 0.000000000000000222. The van der Waals surface area contributed by atoms with Gasteiger partial charge in [-0.05, 0) is 6.42 Å². The van der Waals surface area contributed by atoms with Crippen molar-refractivity contribution in [2.45, 2.75) is 6.42 Å². The first-order chi connectivity index (χ1) is 4.29. The maximum absolute atomic E-state index is 10.6. The quantitative estimate of drug-likeness (QED) is 0.374. The molecule has 2 atom stereocenters. The van der Waals surface area contributed by atoms with Gasteiger partial charge in [0.15, 0.2) is 0 Å². The molecule has 9 heavy (non-hydrogen) atoms. The van der Waals surface area contributed by atoms with Crippen molar-refractivity contribution in [1.29, 1.82) is 0 Å². The highest BCUT2D eigenvalue weighted by molar-refractivity contribution is 5.76. The van der Waals surface area contributed by atoms with Crippen LogP contribution in [0.4, 0.5) is 0 Å². The Bertz CT molecular complexity index is 166. The van der Waals surface area contributed by atoms with E-state index in [1.54, 1.807) is 0 Å². The maximum atomic E-state index is 10.6. The molecule has 0 N–H and O–H groups in total. The van der Waals surface area contributed by atoms with Crippen LogP contribution < -0.4 is 0 Å². The van der Waals surface area contributed by atoms with Gasteiger partial charge in [-0.1, -0.05) is 0 Å². The number of ether oxygens (including phenoxy) is 1. The molecule has 1 rings (SSSR count). The highest BCUT2D eigenvalue weighted by atomic mass is 16.5. The van der Waals surface area contributed by atoms with Crippen molar-refractivity contribution in [2.75, 3.05) is 7.11 Å². The highest BCUT2D eigenvalue weighted by Gasteiger charge is 2.42. The lowest BCUT2D eigenvalue weighted by Gasteiger charge is -1.91. The molecular weight excluding hydrogens is 116 g/mol. The molecule has 0 aromatic rings. The Morgan fingerprint density at radius 3 is 2.89 bits per heavy atom. The zero-order valence-corrected chi connectivity index (χ0v) is 5.26. The molecular formula is C7H8O2. The lowest BCUT2D eigenvalue weighted by atomic mass is 10.3. The Morgan fingerprint density at radius 2 is 2.56 bits per heavy atom. The second-order valence-corrected chi connectivity index (χ2v) is 2.14. The first-order valence-corrected chi connectivity index (χ1v) is 2.83. The molecule has 1 aliphatic carbocycles. The van der Waals surface area contributed by atoms with E-state index in [0.717, 1.165) is 6.42 Å². The summed E-state index contributed by atoms with van der Waals surface area (Å²) in [4.78, 5) is 10.6. The molecule has 1 aliphatic rings. The minimum atomic E-state index is -0.169. The first-order valence-electron chi connectivity index (χ1n) is 2.83. The average Bonchev–Trinajstić information content (AvgIpc) is 2.64. The summed E-state index contributed by atoms with van der Waals surface area (Å²) in [6, 6.07) is 0. The Hall–Kier alpha value is -0.970. The predicted molar refractivity (Wildman–Crippen MR) is 32.4 cm³/mol. The van der Waals surface area contributed by atoms with E-state index in [4.69, 9.17) is 6.42 Å². The van der Waals surface area contributed by atoms with Crippen molar-refractivity contribution in [3.63, 3.8) is 0 Å². The van der Waals surface area contributed by atoms with Gasteiger partial charge in [0.2, 0.25) is 0 Å². The topological polar surface area (TPSA) is 26.3 Å². The van der Waals surface area contributed by atoms with Crippen molar-refractivity contribution in [2.24, 2.45) is 11.8 Å². The summed E-state index contributed by atoms with van der Waals surface area (Å²) in [6.45, 7) is 0. The van der Waals surface area contributed by atoms with Gasteiger partial charge in [0.25, 0.3) is 0 Å². The SMILES string of the molecule is C#C[C@H]1C[C@@H]1C(=O)OC. The molecule has 0 amide bonds. The van der Waals surface area contributed by atoms with Crippen molar-refractivity contribution in [1.82, 2.24) is 0 Å². The van der Waals surface area contributed by atoms with Crippen LogP contribution >= 0.6 is 0 Å². The summed E-state index contributed by atoms with van der Waals surface area (Å²) in [5.41, 5.74) is 0. The molecule has 2 nitrogen and oxygen atoms in total. The molecule has 0 aromatic heterocycles. The predicted octanol–water partition coefficient (Wildman–Crippen LogP) is 0.429. The molecule has 0 radical (unpaired) electrons. The summed E-state index contributed by atoms with van der Waals surface area (Å²) in [5, 5.41) is 0. The van der Waals surface area contributed by atoms with Gasteiger partial charge in [-0.25, -0.2) is 0 Å². The number of methoxy groups -OCH3 is 1. The van der Waals surface area contributed by atoms with Gasteiger partial charge in [0.05, 0.1) is 13.0 Å². The summed E-state index contributed by atoms with van der Waals surface area (Å²) < 4.78 is 4.47. The van der Waals surface area contributed by atoms with E-state index in [1.807, 2.05) is 0 Å². The second-order valence-electron chi connectivity index (χ2n) is 2.14. The van der Waals surface area contributed by atoms with Crippen molar-refractivity contribution >= 4 is 5.97 Å². The van der Waals surface area contributed by atoms with E-state index in [0.29, 0.717) is 0 Å². The Morgan fingerprint density at radius 1 is 1.89 bits per heavy atom. The Labute approximate surface area is 54.2 Å². The number of hydrogen-bond acceptors (Lipinski definition) is 2. The molecule has 0 heterocycles. The summed E-state index contributed by atoms with van der Waals surface area (Å²) in [7, 11) is 1.38. The highest BCUT2D eigenvalue weighted by Crippen LogP contribution is 2.38. The third-order valence-electron chi connectivity index (χ3n) is 1.51. The largest absolute Gasteiger partial charge is 0.469 e. The van der Waals surface area contributed by atoms with Gasteiger partial charge in [0, 0.05) is 5.92 Å². The van der Waals surface area contributed by atoms with Gasteiger partial charge in [0.1, 0.15) is 0 Å². The molecule has 48 valence electrons. The fraction of sp³-hybridized carbons (Fsp3) is 0.571. The van der Waals surface area contributed by atoms with Crippen LogP contribution in [0.5, 0.6) is 0 Å². The van der Waals surface area contributed by atoms with E-state index in [2.05, 4.69) is 10.7 Å². The zero-order chi connectivity index (χ0) is 6.85. The molecule has 0 bridgehead atoms. The molecule has 0 aliphatic heterocycles. The number of carbonyl (C=O) groups is 1. The summed E-state index contributed by atoms with van der Waals surface area (Å²) in [6.07, 6.45) is 5.87. The van der Waals surface area contributed by atoms with Crippen LogP contribution in [0.25, 0.3) is 0 Å². The van der Waals surface area contributed by atoms with Crippen molar-refractivity contribution in [3.8, 4) is 12.3 Å². The second kappa shape index (κ2) is 2.10. The van der Waals surface area contributed by atoms with Crippen LogP contribution in [0.2, 0.25) is 0 Å². The standard InChI is InChI=1S/C7H8O2/c1-3-5-4-6(5)7(8)9-2/h1,5-6H,4H2,2H3/t5-,6-/m0/s1. The molecule has 0 unspecified atom stereocenters. The number of rotatable bonds is 1. The number of carbonyl (C=O) groups excluding carboxylic acids is 1. The number of esters is 1. The minimum Gasteiger partial charge on any atom is -0.469 e. The number of hydrogen-bond donors (Lipinski definition) is 0.